The zero-order valence-corrected chi connectivity index (χ0v) is 48.9. The van der Waals surface area contributed by atoms with Crippen LogP contribution in [0.2, 0.25) is 0 Å². The SMILES string of the molecule is CC(=O)O[C@@]12CO[C@@H]1C[C@H](OP(P(P)P)P(P)P)[C@]1(C)C2C(OC(=O)c2ccccc2)C2C[C@H](O)C(C)=C([C@@H](OP(P(P)P)P(PP)P(P)P)[C@H]1O)C2(C)C. The molecule has 22 atom stereocenters. The Morgan fingerprint density at radius 2 is 1.49 bits per heavy atom. The molecule has 3 fully saturated rings. The summed E-state index contributed by atoms with van der Waals surface area (Å²) in [7, 11) is 25.3. The second-order valence-corrected chi connectivity index (χ2v) is 72.9. The highest BCUT2D eigenvalue weighted by atomic mass is 33.1. The van der Waals surface area contributed by atoms with E-state index in [0.29, 0.717) is 26.4 Å². The number of benzene rings is 1. The molecule has 310 valence electrons. The maximum absolute atomic E-state index is 14.4. The number of aliphatic hydroxyl groups excluding tert-OH is 2. The average Bonchev–Trinajstić information content (AvgIpc) is 3.09. The van der Waals surface area contributed by atoms with Crippen molar-refractivity contribution in [1.82, 2.24) is 0 Å². The van der Waals surface area contributed by atoms with Crippen LogP contribution in [0.3, 0.4) is 0 Å². The van der Waals surface area contributed by atoms with Crippen molar-refractivity contribution in [3.05, 3.63) is 47.0 Å². The lowest BCUT2D eigenvalue weighted by Crippen LogP contribution is -2.80. The quantitative estimate of drug-likeness (QED) is 0.113. The third-order valence-electron chi connectivity index (χ3n) is 11.4. The second kappa shape index (κ2) is 21.1. The zero-order valence-electron chi connectivity index (χ0n) is 31.2. The number of esters is 2. The molecule has 2 bridgehead atoms. The van der Waals surface area contributed by atoms with Gasteiger partial charge in [0.25, 0.3) is 0 Å². The average molecular weight is 1070 g/mol. The monoisotopic (exact) mass is 1070 g/mol. The van der Waals surface area contributed by atoms with Gasteiger partial charge in [0.1, 0.15) is 18.3 Å². The molecule has 1 aliphatic heterocycles. The van der Waals surface area contributed by atoms with Crippen molar-refractivity contribution < 1.29 is 43.1 Å². The molecule has 9 nitrogen and oxygen atoms in total. The van der Waals surface area contributed by atoms with Crippen molar-refractivity contribution in [3.63, 3.8) is 0 Å². The van der Waals surface area contributed by atoms with E-state index in [1.807, 2.05) is 19.9 Å². The predicted octanol–water partition coefficient (Wildman–Crippen LogP) is 12.3. The Morgan fingerprint density at radius 3 is 1.98 bits per heavy atom. The van der Waals surface area contributed by atoms with Gasteiger partial charge in [0.15, 0.2) is 5.60 Å². The van der Waals surface area contributed by atoms with Crippen molar-refractivity contribution in [1.29, 1.82) is 0 Å². The Hall–Kier alpha value is 5.01. The second-order valence-electron chi connectivity index (χ2n) is 14.8. The highest BCUT2D eigenvalue weighted by Gasteiger charge is 2.76. The first kappa shape index (κ1) is 51.0. The van der Waals surface area contributed by atoms with Crippen LogP contribution in [-0.2, 0) is 28.1 Å². The maximum atomic E-state index is 14.4. The molecule has 0 amide bonds. The molecule has 55 heavy (non-hydrogen) atoms. The summed E-state index contributed by atoms with van der Waals surface area (Å²) in [5.74, 6) is -2.26. The van der Waals surface area contributed by atoms with Gasteiger partial charge in [0.2, 0.25) is 0 Å². The summed E-state index contributed by atoms with van der Waals surface area (Å²) in [6.45, 7) is 6.53. The van der Waals surface area contributed by atoms with E-state index in [1.54, 1.807) is 24.3 Å². The van der Waals surface area contributed by atoms with Crippen LogP contribution in [0.4, 0.5) is 0 Å². The summed E-state index contributed by atoms with van der Waals surface area (Å²) in [4.78, 5) is 27.6. The molecule has 15 unspecified atom stereocenters. The van der Waals surface area contributed by atoms with Crippen molar-refractivity contribution in [2.45, 2.75) is 89.7 Å². The molecular weight excluding hydrogens is 1020 g/mol. The van der Waals surface area contributed by atoms with Crippen molar-refractivity contribution >= 4 is 150 Å². The van der Waals surface area contributed by atoms with Gasteiger partial charge >= 0.3 is 11.9 Å². The van der Waals surface area contributed by atoms with Gasteiger partial charge in [-0.1, -0.05) is 46.9 Å². The molecule has 1 aromatic carbocycles. The largest absolute Gasteiger partial charge is 0.458 e. The van der Waals surface area contributed by atoms with Crippen LogP contribution in [0.15, 0.2) is 41.5 Å². The van der Waals surface area contributed by atoms with Crippen LogP contribution in [0, 0.1) is 22.7 Å². The third kappa shape index (κ3) is 10.4. The maximum Gasteiger partial charge on any atom is 0.338 e. The summed E-state index contributed by atoms with van der Waals surface area (Å²) >= 11 is 0. The number of fused-ring (bicyclic) bond motifs is 5. The van der Waals surface area contributed by atoms with E-state index < -0.39 is 127 Å². The number of carbonyl (C=O) groups excluding carboxylic acids is 2. The molecule has 26 heteroatoms. The fraction of sp³-hybridized carbons (Fsp3) is 0.655. The first-order valence-electron chi connectivity index (χ1n) is 17.2. The number of rotatable bonds is 13. The van der Waals surface area contributed by atoms with E-state index in [2.05, 4.69) is 94.2 Å². The van der Waals surface area contributed by atoms with Crippen LogP contribution < -0.4 is 0 Å². The van der Waals surface area contributed by atoms with Crippen LogP contribution in [0.5, 0.6) is 0 Å². The van der Waals surface area contributed by atoms with Crippen molar-refractivity contribution in [3.8, 4) is 0 Å². The first-order valence-corrected chi connectivity index (χ1v) is 46.5. The van der Waals surface area contributed by atoms with Crippen molar-refractivity contribution in [2.75, 3.05) is 6.61 Å². The smallest absolute Gasteiger partial charge is 0.338 e. The number of hydrogen-bond acceptors (Lipinski definition) is 9. The van der Waals surface area contributed by atoms with Crippen LogP contribution in [0.1, 0.15) is 57.8 Å². The van der Waals surface area contributed by atoms with Gasteiger partial charge in [-0.05, 0) is 70.0 Å². The fourth-order valence-corrected chi connectivity index (χ4v) is 108. The number of aliphatic hydroxyl groups is 2. The third-order valence-corrected chi connectivity index (χ3v) is 81.1. The molecule has 0 aromatic heterocycles. The molecule has 1 heterocycles. The van der Waals surface area contributed by atoms with Crippen LogP contribution >= 0.6 is 138 Å². The molecule has 2 N–H and O–H groups in total. The van der Waals surface area contributed by atoms with E-state index in [9.17, 15) is 19.8 Å². The lowest BCUT2D eigenvalue weighted by Gasteiger charge is -2.68. The Morgan fingerprint density at radius 1 is 0.891 bits per heavy atom. The molecule has 1 aromatic rings. The zero-order chi connectivity index (χ0) is 40.9. The molecule has 1 saturated heterocycles. The van der Waals surface area contributed by atoms with Gasteiger partial charge in [0.05, 0.1) is 51.5 Å². The van der Waals surface area contributed by atoms with E-state index >= 15 is 0 Å². The van der Waals surface area contributed by atoms with Gasteiger partial charge in [-0.25, -0.2) is 4.79 Å². The van der Waals surface area contributed by atoms with Gasteiger partial charge in [-0.3, -0.25) is 4.79 Å². The lowest BCUT2D eigenvalue weighted by atomic mass is 9.45. The molecule has 2 saturated carbocycles. The van der Waals surface area contributed by atoms with Gasteiger partial charge in [-0.15, -0.1) is 80.4 Å². The Bertz CT molecular complexity index is 1570. The summed E-state index contributed by atoms with van der Waals surface area (Å²) in [6.07, 6.45) is -4.35. The molecular formula is C29H55O9P17. The van der Waals surface area contributed by atoms with Crippen LogP contribution in [-0.4, -0.2) is 71.0 Å². The minimum Gasteiger partial charge on any atom is -0.458 e. The summed E-state index contributed by atoms with van der Waals surface area (Å²) in [6, 6.07) is 8.88. The normalized spacial score (nSPS) is 35.7. The van der Waals surface area contributed by atoms with Gasteiger partial charge < -0.3 is 33.5 Å². The van der Waals surface area contributed by atoms with E-state index in [0.717, 1.165) is 11.1 Å². The molecule has 0 radical (unpaired) electrons. The number of carbonyl (C=O) groups is 2. The predicted molar refractivity (Wildman–Crippen MR) is 277 cm³/mol. The summed E-state index contributed by atoms with van der Waals surface area (Å²) in [5.41, 5.74) is -1.17. The highest BCUT2D eigenvalue weighted by Crippen LogP contribution is 3.09. The standard InChI is InChI=1S/C29H55O9P17/c1-14-18(31)11-17-22(35-26(33)16-9-7-6-8-10-16)24-28(5,19(37-49(51(40)41)52(42)43)12-20-29(24,13-34-20)36-15(2)30)25(32)23(21(14)27(17,3)4)38-50(53(44)45)55(48-39)54(46)47/h6-10,17-20,22-25,31-32,48H,11-13,39-47H2,1-5H3/t17?,18-,19-,20+,22?,23+,24?,25+,28+,29-,50?,55?/m0/s1. The van der Waals surface area contributed by atoms with E-state index in [1.165, 1.54) is 6.92 Å². The minimum absolute atomic E-state index is 0.0765. The topological polar surface area (TPSA) is 121 Å². The molecule has 4 aliphatic rings. The Kier molecular flexibility index (Phi) is 19.6. The molecule has 0 spiro atoms. The van der Waals surface area contributed by atoms with Crippen LogP contribution in [0.25, 0.3) is 0 Å². The van der Waals surface area contributed by atoms with Gasteiger partial charge in [0, 0.05) is 31.7 Å². The van der Waals surface area contributed by atoms with E-state index in [4.69, 9.17) is 23.3 Å². The van der Waals surface area contributed by atoms with E-state index in [-0.39, 0.29) is 6.61 Å². The lowest BCUT2D eigenvalue weighted by molar-refractivity contribution is -0.350. The molecule has 5 rings (SSSR count). The number of hydrogen-bond donors (Lipinski definition) is 2. The Balaban J connectivity index is 1.85. The van der Waals surface area contributed by atoms with Gasteiger partial charge in [-0.2, -0.15) is 0 Å². The fourth-order valence-electron chi connectivity index (χ4n) is 9.01. The molecule has 3 aliphatic carbocycles. The van der Waals surface area contributed by atoms with Crippen molar-refractivity contribution in [2.24, 2.45) is 22.7 Å². The number of ether oxygens (including phenoxy) is 3. The Labute approximate surface area is 357 Å². The highest BCUT2D eigenvalue weighted by molar-refractivity contribution is 9.10. The summed E-state index contributed by atoms with van der Waals surface area (Å²) < 4.78 is 34.5. The summed E-state index contributed by atoms with van der Waals surface area (Å²) in [5, 5.41) is 25.7. The minimum atomic E-state index is -1.24. The first-order chi connectivity index (χ1) is 25.6.